The van der Waals surface area contributed by atoms with Gasteiger partial charge in [0.15, 0.2) is 0 Å². The monoisotopic (exact) mass is 340 g/mol. The lowest BCUT2D eigenvalue weighted by Crippen LogP contribution is -2.17. The first-order valence-corrected chi connectivity index (χ1v) is 7.05. The summed E-state index contributed by atoms with van der Waals surface area (Å²) >= 11 is 9.43. The Morgan fingerprint density at radius 3 is 2.74 bits per heavy atom. The van der Waals surface area contributed by atoms with Gasteiger partial charge in [0, 0.05) is 22.8 Å². The van der Waals surface area contributed by atoms with Crippen LogP contribution in [0.3, 0.4) is 0 Å². The number of benzene rings is 1. The maximum absolute atomic E-state index is 6.08. The smallest absolute Gasteiger partial charge is 0.219 e. The number of nitrogens with two attached hydrogens (primary N) is 1. The number of rotatable bonds is 4. The van der Waals surface area contributed by atoms with Crippen molar-refractivity contribution < 1.29 is 4.74 Å². The van der Waals surface area contributed by atoms with Crippen molar-refractivity contribution in [1.29, 1.82) is 0 Å². The van der Waals surface area contributed by atoms with Crippen LogP contribution < -0.4 is 10.5 Å². The van der Waals surface area contributed by atoms with E-state index in [9.17, 15) is 0 Å². The van der Waals surface area contributed by atoms with Gasteiger partial charge in [-0.3, -0.25) is 0 Å². The standard InChI is InChI=1S/C14H14BrClN2O/c1-9(17)6-10-2-5-14(18-8-10)19-13-4-3-11(15)7-12(13)16/h2-5,7-9H,6,17H2,1H3. The van der Waals surface area contributed by atoms with E-state index in [1.54, 1.807) is 18.3 Å². The lowest BCUT2D eigenvalue weighted by molar-refractivity contribution is 0.462. The molecule has 0 aliphatic carbocycles. The Bertz CT molecular complexity index is 558. The number of ether oxygens (including phenoxy) is 1. The highest BCUT2D eigenvalue weighted by molar-refractivity contribution is 9.10. The minimum Gasteiger partial charge on any atom is -0.437 e. The molecule has 1 atom stereocenters. The maximum atomic E-state index is 6.08. The zero-order valence-corrected chi connectivity index (χ0v) is 12.8. The van der Waals surface area contributed by atoms with E-state index in [-0.39, 0.29) is 6.04 Å². The molecule has 0 amide bonds. The summed E-state index contributed by atoms with van der Waals surface area (Å²) in [5.74, 6) is 1.09. The molecule has 1 aromatic carbocycles. The van der Waals surface area contributed by atoms with E-state index < -0.39 is 0 Å². The van der Waals surface area contributed by atoms with Gasteiger partial charge in [-0.15, -0.1) is 0 Å². The van der Waals surface area contributed by atoms with Crippen LogP contribution in [-0.4, -0.2) is 11.0 Å². The van der Waals surface area contributed by atoms with Crippen LogP contribution in [0.4, 0.5) is 0 Å². The highest BCUT2D eigenvalue weighted by atomic mass is 79.9. The van der Waals surface area contributed by atoms with Crippen LogP contribution in [0.15, 0.2) is 41.0 Å². The lowest BCUT2D eigenvalue weighted by Gasteiger charge is -2.08. The first-order chi connectivity index (χ1) is 9.04. The number of hydrogen-bond donors (Lipinski definition) is 1. The highest BCUT2D eigenvalue weighted by Crippen LogP contribution is 2.30. The summed E-state index contributed by atoms with van der Waals surface area (Å²) in [5, 5.41) is 0.538. The lowest BCUT2D eigenvalue weighted by atomic mass is 10.1. The third-order valence-electron chi connectivity index (χ3n) is 2.46. The van der Waals surface area contributed by atoms with Gasteiger partial charge in [0.05, 0.1) is 5.02 Å². The van der Waals surface area contributed by atoms with E-state index in [4.69, 9.17) is 22.1 Å². The first-order valence-electron chi connectivity index (χ1n) is 5.88. The molecule has 1 heterocycles. The van der Waals surface area contributed by atoms with Gasteiger partial charge in [-0.2, -0.15) is 0 Å². The summed E-state index contributed by atoms with van der Waals surface area (Å²) in [6, 6.07) is 9.33. The number of nitrogens with zero attached hydrogens (tertiary/aromatic N) is 1. The largest absolute Gasteiger partial charge is 0.437 e. The molecule has 2 rings (SSSR count). The Morgan fingerprint density at radius 1 is 1.37 bits per heavy atom. The van der Waals surface area contributed by atoms with Crippen LogP contribution in [0, 0.1) is 0 Å². The summed E-state index contributed by atoms with van der Waals surface area (Å²) in [5.41, 5.74) is 6.83. The fourth-order valence-electron chi connectivity index (χ4n) is 1.63. The second-order valence-corrected chi connectivity index (χ2v) is 5.69. The molecule has 0 saturated heterocycles. The summed E-state index contributed by atoms with van der Waals surface area (Å²) in [4.78, 5) is 4.24. The summed E-state index contributed by atoms with van der Waals surface area (Å²) in [7, 11) is 0. The number of aromatic nitrogens is 1. The van der Waals surface area contributed by atoms with Gasteiger partial charge >= 0.3 is 0 Å². The van der Waals surface area contributed by atoms with Crippen molar-refractivity contribution in [3.63, 3.8) is 0 Å². The molecule has 0 bridgehead atoms. The molecule has 1 unspecified atom stereocenters. The van der Waals surface area contributed by atoms with Gasteiger partial charge < -0.3 is 10.5 Å². The molecular weight excluding hydrogens is 328 g/mol. The second-order valence-electron chi connectivity index (χ2n) is 4.36. The van der Waals surface area contributed by atoms with E-state index >= 15 is 0 Å². The van der Waals surface area contributed by atoms with Crippen LogP contribution in [0.25, 0.3) is 0 Å². The Morgan fingerprint density at radius 2 is 2.16 bits per heavy atom. The predicted octanol–water partition coefficient (Wildman–Crippen LogP) is 4.18. The zero-order valence-electron chi connectivity index (χ0n) is 10.4. The number of halogens is 2. The number of pyridine rings is 1. The van der Waals surface area contributed by atoms with E-state index in [1.807, 2.05) is 25.1 Å². The third kappa shape index (κ3) is 4.20. The summed E-state index contributed by atoms with van der Waals surface area (Å²) in [6.07, 6.45) is 2.57. The van der Waals surface area contributed by atoms with E-state index in [2.05, 4.69) is 20.9 Å². The molecular formula is C14H14BrClN2O. The van der Waals surface area contributed by atoms with Gasteiger partial charge in [-0.05, 0) is 37.1 Å². The molecule has 1 aromatic heterocycles. The van der Waals surface area contributed by atoms with Gasteiger partial charge in [-0.25, -0.2) is 4.98 Å². The molecule has 0 spiro atoms. The molecule has 0 saturated carbocycles. The van der Waals surface area contributed by atoms with Crippen molar-refractivity contribution in [2.75, 3.05) is 0 Å². The van der Waals surface area contributed by atoms with E-state index in [0.717, 1.165) is 16.5 Å². The average molecular weight is 342 g/mol. The van der Waals surface area contributed by atoms with Gasteiger partial charge in [0.1, 0.15) is 5.75 Å². The zero-order chi connectivity index (χ0) is 13.8. The Kier molecular flexibility index (Phi) is 4.80. The fourth-order valence-corrected chi connectivity index (χ4v) is 2.35. The van der Waals surface area contributed by atoms with Crippen molar-refractivity contribution in [2.45, 2.75) is 19.4 Å². The molecule has 0 aliphatic heterocycles. The van der Waals surface area contributed by atoms with Crippen molar-refractivity contribution in [3.8, 4) is 11.6 Å². The minimum atomic E-state index is 0.120. The van der Waals surface area contributed by atoms with Crippen molar-refractivity contribution >= 4 is 27.5 Å². The quantitative estimate of drug-likeness (QED) is 0.907. The molecule has 3 nitrogen and oxygen atoms in total. The van der Waals surface area contributed by atoms with Crippen molar-refractivity contribution in [2.24, 2.45) is 5.73 Å². The van der Waals surface area contributed by atoms with Crippen LogP contribution >= 0.6 is 27.5 Å². The molecule has 5 heteroatoms. The van der Waals surface area contributed by atoms with Crippen LogP contribution in [0.1, 0.15) is 12.5 Å². The molecule has 0 aliphatic rings. The maximum Gasteiger partial charge on any atom is 0.219 e. The average Bonchev–Trinajstić information content (AvgIpc) is 2.34. The van der Waals surface area contributed by atoms with Gasteiger partial charge in [0.2, 0.25) is 5.88 Å². The molecule has 2 N–H and O–H groups in total. The molecule has 100 valence electrons. The van der Waals surface area contributed by atoms with Crippen molar-refractivity contribution in [3.05, 3.63) is 51.6 Å². The predicted molar refractivity (Wildman–Crippen MR) is 80.8 cm³/mol. The molecule has 19 heavy (non-hydrogen) atoms. The summed E-state index contributed by atoms with van der Waals surface area (Å²) in [6.45, 7) is 1.96. The van der Waals surface area contributed by atoms with Gasteiger partial charge in [0.25, 0.3) is 0 Å². The Hall–Kier alpha value is -1.10. The van der Waals surface area contributed by atoms with Crippen LogP contribution in [0.2, 0.25) is 5.02 Å². The highest BCUT2D eigenvalue weighted by Gasteiger charge is 2.05. The Balaban J connectivity index is 2.10. The SMILES string of the molecule is CC(N)Cc1ccc(Oc2ccc(Br)cc2Cl)nc1. The van der Waals surface area contributed by atoms with Crippen molar-refractivity contribution in [1.82, 2.24) is 4.98 Å². The van der Waals surface area contributed by atoms with Crippen LogP contribution in [-0.2, 0) is 6.42 Å². The number of hydrogen-bond acceptors (Lipinski definition) is 3. The second kappa shape index (κ2) is 6.37. The molecule has 0 radical (unpaired) electrons. The minimum absolute atomic E-state index is 0.120. The van der Waals surface area contributed by atoms with E-state index in [0.29, 0.717) is 16.7 Å². The van der Waals surface area contributed by atoms with Gasteiger partial charge in [-0.1, -0.05) is 33.6 Å². The van der Waals surface area contributed by atoms with E-state index in [1.165, 1.54) is 0 Å². The normalized spacial score (nSPS) is 12.2. The summed E-state index contributed by atoms with van der Waals surface area (Å²) < 4.78 is 6.54. The molecule has 2 aromatic rings. The third-order valence-corrected chi connectivity index (χ3v) is 3.25. The Labute approximate surface area is 125 Å². The van der Waals surface area contributed by atoms with Crippen LogP contribution in [0.5, 0.6) is 11.6 Å². The fraction of sp³-hybridized carbons (Fsp3) is 0.214. The molecule has 0 fully saturated rings. The first kappa shape index (κ1) is 14.3. The topological polar surface area (TPSA) is 48.1 Å².